The second-order valence-corrected chi connectivity index (χ2v) is 5.76. The van der Waals surface area contributed by atoms with Crippen LogP contribution >= 0.6 is 15.9 Å². The van der Waals surface area contributed by atoms with Crippen molar-refractivity contribution in [2.45, 2.75) is 18.2 Å². The summed E-state index contributed by atoms with van der Waals surface area (Å²) in [4.78, 5) is 14.6. The summed E-state index contributed by atoms with van der Waals surface area (Å²) in [6, 6.07) is 6.54. The van der Waals surface area contributed by atoms with Crippen LogP contribution in [0.15, 0.2) is 24.3 Å². The van der Waals surface area contributed by atoms with Gasteiger partial charge in [-0.25, -0.2) is 0 Å². The van der Waals surface area contributed by atoms with E-state index in [1.807, 2.05) is 4.90 Å². The summed E-state index contributed by atoms with van der Waals surface area (Å²) in [7, 11) is 0. The van der Waals surface area contributed by atoms with Gasteiger partial charge in [-0.15, -0.1) is 0 Å². The largest absolute Gasteiger partial charge is 0.508 e. The van der Waals surface area contributed by atoms with Crippen LogP contribution in [-0.2, 0) is 0 Å². The number of piperidine rings is 1. The number of likely N-dealkylation sites (tertiary alicyclic amines) is 1. The Morgan fingerprint density at radius 1 is 1.53 bits per heavy atom. The van der Waals surface area contributed by atoms with Crippen LogP contribution in [0.5, 0.6) is 5.75 Å². The SMILES string of the molecule is CC1CN(C(=O)c2cccc(O)c2)CCC1Br. The summed E-state index contributed by atoms with van der Waals surface area (Å²) >= 11 is 3.62. The van der Waals surface area contributed by atoms with Gasteiger partial charge in [0.05, 0.1) is 0 Å². The average Bonchev–Trinajstić information content (AvgIpc) is 2.32. The third-order valence-electron chi connectivity index (χ3n) is 3.18. The Morgan fingerprint density at radius 3 is 2.94 bits per heavy atom. The molecule has 1 aromatic rings. The van der Waals surface area contributed by atoms with Crippen molar-refractivity contribution in [3.05, 3.63) is 29.8 Å². The molecule has 0 radical (unpaired) electrons. The lowest BCUT2D eigenvalue weighted by molar-refractivity contribution is 0.0690. The van der Waals surface area contributed by atoms with Crippen LogP contribution in [0.1, 0.15) is 23.7 Å². The number of hydrogen-bond acceptors (Lipinski definition) is 2. The number of rotatable bonds is 1. The fourth-order valence-electron chi connectivity index (χ4n) is 2.12. The number of aromatic hydroxyl groups is 1. The molecule has 4 heteroatoms. The molecule has 0 bridgehead atoms. The number of carbonyl (C=O) groups excluding carboxylic acids is 1. The third kappa shape index (κ3) is 2.80. The van der Waals surface area contributed by atoms with Crippen molar-refractivity contribution in [2.75, 3.05) is 13.1 Å². The number of carbonyl (C=O) groups is 1. The first-order chi connectivity index (χ1) is 8.08. The number of alkyl halides is 1. The molecule has 2 rings (SSSR count). The topological polar surface area (TPSA) is 40.5 Å². The lowest BCUT2D eigenvalue weighted by atomic mass is 9.99. The molecule has 1 saturated heterocycles. The van der Waals surface area contributed by atoms with Crippen LogP contribution in [0.25, 0.3) is 0 Å². The van der Waals surface area contributed by atoms with E-state index in [-0.39, 0.29) is 11.7 Å². The van der Waals surface area contributed by atoms with Crippen LogP contribution in [0.2, 0.25) is 0 Å². The highest BCUT2D eigenvalue weighted by molar-refractivity contribution is 9.09. The van der Waals surface area contributed by atoms with Crippen LogP contribution in [0.3, 0.4) is 0 Å². The molecule has 0 spiro atoms. The van der Waals surface area contributed by atoms with Crippen LogP contribution < -0.4 is 0 Å². The van der Waals surface area contributed by atoms with E-state index in [1.54, 1.807) is 18.2 Å². The van der Waals surface area contributed by atoms with Gasteiger partial charge in [0, 0.05) is 23.5 Å². The number of phenolic OH excluding ortho intramolecular Hbond substituents is 1. The molecule has 0 aliphatic carbocycles. The molecular formula is C13H16BrNO2. The number of amides is 1. The van der Waals surface area contributed by atoms with E-state index in [0.717, 1.165) is 19.5 Å². The van der Waals surface area contributed by atoms with E-state index in [0.29, 0.717) is 16.3 Å². The molecule has 1 heterocycles. The molecule has 0 aromatic heterocycles. The quantitative estimate of drug-likeness (QED) is 0.810. The van der Waals surface area contributed by atoms with E-state index in [9.17, 15) is 9.90 Å². The van der Waals surface area contributed by atoms with Crippen molar-refractivity contribution < 1.29 is 9.90 Å². The first kappa shape index (κ1) is 12.4. The Morgan fingerprint density at radius 2 is 2.29 bits per heavy atom. The van der Waals surface area contributed by atoms with Gasteiger partial charge >= 0.3 is 0 Å². The molecular weight excluding hydrogens is 282 g/mol. The van der Waals surface area contributed by atoms with E-state index in [1.165, 1.54) is 6.07 Å². The minimum atomic E-state index is 0.00662. The number of phenols is 1. The summed E-state index contributed by atoms with van der Waals surface area (Å²) in [5.74, 6) is 0.608. The van der Waals surface area contributed by atoms with Crippen LogP contribution in [0.4, 0.5) is 0 Å². The number of hydrogen-bond donors (Lipinski definition) is 1. The Balaban J connectivity index is 2.10. The van der Waals surface area contributed by atoms with E-state index < -0.39 is 0 Å². The lowest BCUT2D eigenvalue weighted by Gasteiger charge is -2.34. The minimum absolute atomic E-state index is 0.00662. The fraction of sp³-hybridized carbons (Fsp3) is 0.462. The van der Waals surface area contributed by atoms with E-state index in [2.05, 4.69) is 22.9 Å². The van der Waals surface area contributed by atoms with Gasteiger partial charge in [0.25, 0.3) is 5.91 Å². The van der Waals surface area contributed by atoms with Crippen molar-refractivity contribution in [1.82, 2.24) is 4.90 Å². The van der Waals surface area contributed by atoms with Gasteiger partial charge in [-0.05, 0) is 30.5 Å². The zero-order chi connectivity index (χ0) is 12.4. The molecule has 3 nitrogen and oxygen atoms in total. The maximum absolute atomic E-state index is 12.2. The monoisotopic (exact) mass is 297 g/mol. The average molecular weight is 298 g/mol. The molecule has 1 aliphatic heterocycles. The maximum Gasteiger partial charge on any atom is 0.253 e. The van der Waals surface area contributed by atoms with Crippen molar-refractivity contribution in [3.63, 3.8) is 0 Å². The molecule has 1 N–H and O–H groups in total. The first-order valence-electron chi connectivity index (χ1n) is 5.80. The smallest absolute Gasteiger partial charge is 0.253 e. The zero-order valence-corrected chi connectivity index (χ0v) is 11.4. The molecule has 0 saturated carbocycles. The summed E-state index contributed by atoms with van der Waals surface area (Å²) in [5.41, 5.74) is 0.560. The van der Waals surface area contributed by atoms with Crippen molar-refractivity contribution in [1.29, 1.82) is 0 Å². The fourth-order valence-corrected chi connectivity index (χ4v) is 2.49. The van der Waals surface area contributed by atoms with Gasteiger partial charge in [0.15, 0.2) is 0 Å². The highest BCUT2D eigenvalue weighted by Crippen LogP contribution is 2.24. The van der Waals surface area contributed by atoms with Crippen molar-refractivity contribution >= 4 is 21.8 Å². The first-order valence-corrected chi connectivity index (χ1v) is 6.72. The Bertz CT molecular complexity index is 422. The number of halogens is 1. The summed E-state index contributed by atoms with van der Waals surface area (Å²) in [5, 5.41) is 9.38. The van der Waals surface area contributed by atoms with Gasteiger partial charge < -0.3 is 10.0 Å². The maximum atomic E-state index is 12.2. The number of benzene rings is 1. The zero-order valence-electron chi connectivity index (χ0n) is 9.77. The minimum Gasteiger partial charge on any atom is -0.508 e. The van der Waals surface area contributed by atoms with Crippen molar-refractivity contribution in [3.8, 4) is 5.75 Å². The van der Waals surface area contributed by atoms with Crippen molar-refractivity contribution in [2.24, 2.45) is 5.92 Å². The van der Waals surface area contributed by atoms with Crippen LogP contribution in [-0.4, -0.2) is 33.8 Å². The van der Waals surface area contributed by atoms with Gasteiger partial charge in [-0.1, -0.05) is 28.9 Å². The third-order valence-corrected chi connectivity index (χ3v) is 4.54. The standard InChI is InChI=1S/C13H16BrNO2/c1-9-8-15(6-5-12(9)14)13(17)10-3-2-4-11(16)7-10/h2-4,7,9,12,16H,5-6,8H2,1H3. The summed E-state index contributed by atoms with van der Waals surface area (Å²) in [6.45, 7) is 3.68. The predicted molar refractivity (Wildman–Crippen MR) is 70.5 cm³/mol. The van der Waals surface area contributed by atoms with Gasteiger partial charge in [-0.3, -0.25) is 4.79 Å². The van der Waals surface area contributed by atoms with E-state index in [4.69, 9.17) is 0 Å². The molecule has 1 aromatic carbocycles. The normalized spacial score (nSPS) is 24.7. The molecule has 92 valence electrons. The summed E-state index contributed by atoms with van der Waals surface area (Å²) in [6.07, 6.45) is 0.978. The second kappa shape index (κ2) is 5.08. The molecule has 1 fully saturated rings. The second-order valence-electron chi connectivity index (χ2n) is 4.58. The summed E-state index contributed by atoms with van der Waals surface area (Å²) < 4.78 is 0. The Hall–Kier alpha value is -1.03. The highest BCUT2D eigenvalue weighted by Gasteiger charge is 2.27. The molecule has 2 unspecified atom stereocenters. The molecule has 1 amide bonds. The Kier molecular flexibility index (Phi) is 3.72. The lowest BCUT2D eigenvalue weighted by Crippen LogP contribution is -2.43. The molecule has 2 atom stereocenters. The highest BCUT2D eigenvalue weighted by atomic mass is 79.9. The molecule has 1 aliphatic rings. The van der Waals surface area contributed by atoms with Gasteiger partial charge in [0.1, 0.15) is 5.75 Å². The van der Waals surface area contributed by atoms with Gasteiger partial charge in [0.2, 0.25) is 0 Å². The number of nitrogens with zero attached hydrogens (tertiary/aromatic N) is 1. The van der Waals surface area contributed by atoms with Gasteiger partial charge in [-0.2, -0.15) is 0 Å². The predicted octanol–water partition coefficient (Wildman–Crippen LogP) is 2.64. The van der Waals surface area contributed by atoms with E-state index >= 15 is 0 Å². The molecule has 17 heavy (non-hydrogen) atoms. The Labute approximate surface area is 110 Å². The van der Waals surface area contributed by atoms with Crippen LogP contribution in [0, 0.1) is 5.92 Å².